The van der Waals surface area contributed by atoms with Crippen LogP contribution in [-0.4, -0.2) is 53.0 Å². The summed E-state index contributed by atoms with van der Waals surface area (Å²) < 4.78 is 28.9. The van der Waals surface area contributed by atoms with Gasteiger partial charge in [0.05, 0.1) is 18.0 Å². The second kappa shape index (κ2) is 7.14. The number of halogens is 1. The Kier molecular flexibility index (Phi) is 5.33. The van der Waals surface area contributed by atoms with E-state index in [2.05, 4.69) is 0 Å². The summed E-state index contributed by atoms with van der Waals surface area (Å²) in [5.41, 5.74) is -2.72. The van der Waals surface area contributed by atoms with Crippen LogP contribution in [-0.2, 0) is 9.47 Å². The Bertz CT molecular complexity index is 694. The molecule has 0 aromatic heterocycles. The molecule has 0 saturated carbocycles. The summed E-state index contributed by atoms with van der Waals surface area (Å²) in [5, 5.41) is 10.5. The fourth-order valence-electron chi connectivity index (χ4n) is 2.13. The lowest BCUT2D eigenvalue weighted by molar-refractivity contribution is -0.384. The molecule has 0 spiro atoms. The zero-order valence-electron chi connectivity index (χ0n) is 14.6. The first-order valence-electron chi connectivity index (χ1n) is 7.73. The molecule has 142 valence electrons. The standard InChI is InChI=1S/C16H19FN2O7/c1-15(2,3)26-13(20)18-8-16(17,9-18)10-24-14(21)25-12-6-4-11(5-7-12)19(22)23/h4-7H,8-10H2,1-3H3. The number of nitrogens with zero attached hydrogens (tertiary/aromatic N) is 2. The minimum absolute atomic E-state index is 0.0255. The molecular weight excluding hydrogens is 351 g/mol. The van der Waals surface area contributed by atoms with Crippen molar-refractivity contribution in [2.45, 2.75) is 32.0 Å². The number of likely N-dealkylation sites (tertiary alicyclic amines) is 1. The number of alkyl halides is 1. The fourth-order valence-corrected chi connectivity index (χ4v) is 2.13. The van der Waals surface area contributed by atoms with Crippen LogP contribution >= 0.6 is 0 Å². The van der Waals surface area contributed by atoms with Crippen molar-refractivity contribution in [3.8, 4) is 5.75 Å². The first kappa shape index (κ1) is 19.4. The molecule has 0 N–H and O–H groups in total. The van der Waals surface area contributed by atoms with Gasteiger partial charge in [-0.15, -0.1) is 0 Å². The van der Waals surface area contributed by atoms with Crippen molar-refractivity contribution in [3.63, 3.8) is 0 Å². The van der Waals surface area contributed by atoms with Gasteiger partial charge in [-0.3, -0.25) is 10.1 Å². The van der Waals surface area contributed by atoms with E-state index in [0.717, 1.165) is 17.0 Å². The molecule has 10 heteroatoms. The molecule has 1 saturated heterocycles. The molecule has 1 amide bonds. The minimum atomic E-state index is -1.87. The monoisotopic (exact) mass is 370 g/mol. The number of nitro benzene ring substituents is 1. The van der Waals surface area contributed by atoms with E-state index in [-0.39, 0.29) is 24.5 Å². The topological polar surface area (TPSA) is 108 Å². The molecule has 9 nitrogen and oxygen atoms in total. The van der Waals surface area contributed by atoms with Crippen molar-refractivity contribution in [1.82, 2.24) is 4.90 Å². The highest BCUT2D eigenvalue weighted by atomic mass is 19.1. The lowest BCUT2D eigenvalue weighted by Gasteiger charge is -2.43. The van der Waals surface area contributed by atoms with Crippen LogP contribution in [0.2, 0.25) is 0 Å². The zero-order valence-corrected chi connectivity index (χ0v) is 14.6. The number of nitro groups is 1. The van der Waals surface area contributed by atoms with Gasteiger partial charge >= 0.3 is 12.2 Å². The quantitative estimate of drug-likeness (QED) is 0.347. The molecule has 0 unspecified atom stereocenters. The van der Waals surface area contributed by atoms with Crippen molar-refractivity contribution >= 4 is 17.9 Å². The van der Waals surface area contributed by atoms with Crippen LogP contribution in [0.1, 0.15) is 20.8 Å². The number of hydrogen-bond donors (Lipinski definition) is 0. The molecule has 1 aromatic rings. The average molecular weight is 370 g/mol. The molecule has 0 radical (unpaired) electrons. The third-order valence-electron chi connectivity index (χ3n) is 3.30. The molecule has 1 aromatic carbocycles. The van der Waals surface area contributed by atoms with Gasteiger partial charge in [-0.2, -0.15) is 0 Å². The first-order valence-corrected chi connectivity index (χ1v) is 7.73. The Morgan fingerprint density at radius 3 is 2.35 bits per heavy atom. The predicted molar refractivity (Wildman–Crippen MR) is 86.7 cm³/mol. The molecule has 26 heavy (non-hydrogen) atoms. The molecule has 0 aliphatic carbocycles. The molecule has 1 heterocycles. The number of amides is 1. The Labute approximate surface area is 148 Å². The van der Waals surface area contributed by atoms with Crippen LogP contribution in [0.15, 0.2) is 24.3 Å². The second-order valence-electron chi connectivity index (χ2n) is 6.88. The van der Waals surface area contributed by atoms with E-state index in [4.69, 9.17) is 14.2 Å². The highest BCUT2D eigenvalue weighted by Gasteiger charge is 2.48. The number of benzene rings is 1. The van der Waals surface area contributed by atoms with Crippen LogP contribution < -0.4 is 4.74 Å². The highest BCUT2D eigenvalue weighted by Crippen LogP contribution is 2.28. The van der Waals surface area contributed by atoms with Gasteiger partial charge in [-0.1, -0.05) is 0 Å². The number of carbonyl (C=O) groups is 2. The predicted octanol–water partition coefficient (Wildman–Crippen LogP) is 3.07. The van der Waals surface area contributed by atoms with Gasteiger partial charge in [0.15, 0.2) is 5.67 Å². The van der Waals surface area contributed by atoms with Crippen LogP contribution in [0.5, 0.6) is 5.75 Å². The number of rotatable bonds is 4. The minimum Gasteiger partial charge on any atom is -0.444 e. The number of non-ortho nitro benzene ring substituents is 1. The Morgan fingerprint density at radius 1 is 1.27 bits per heavy atom. The smallest absolute Gasteiger partial charge is 0.444 e. The molecule has 1 aliphatic rings. The van der Waals surface area contributed by atoms with Crippen molar-refractivity contribution < 1.29 is 33.1 Å². The number of ether oxygens (including phenoxy) is 3. The second-order valence-corrected chi connectivity index (χ2v) is 6.88. The van der Waals surface area contributed by atoms with Gasteiger partial charge in [0.25, 0.3) is 5.69 Å². The van der Waals surface area contributed by atoms with E-state index < -0.39 is 35.0 Å². The van der Waals surface area contributed by atoms with E-state index in [0.29, 0.717) is 0 Å². The first-order chi connectivity index (χ1) is 12.0. The molecule has 1 aliphatic heterocycles. The summed E-state index contributed by atoms with van der Waals surface area (Å²) >= 11 is 0. The van der Waals surface area contributed by atoms with Gasteiger partial charge in [0, 0.05) is 12.1 Å². The molecule has 2 rings (SSSR count). The summed E-state index contributed by atoms with van der Waals surface area (Å²) in [6.45, 7) is 4.00. The van der Waals surface area contributed by atoms with Crippen LogP contribution in [0.3, 0.4) is 0 Å². The summed E-state index contributed by atoms with van der Waals surface area (Å²) in [5.74, 6) is 0.0255. The van der Waals surface area contributed by atoms with Gasteiger partial charge in [0.2, 0.25) is 0 Å². The normalized spacial score (nSPS) is 15.6. The van der Waals surface area contributed by atoms with Crippen molar-refractivity contribution in [2.75, 3.05) is 19.7 Å². The molecule has 0 bridgehead atoms. The average Bonchev–Trinajstić information content (AvgIpc) is 2.49. The summed E-state index contributed by atoms with van der Waals surface area (Å²) in [7, 11) is 0. The third kappa shape index (κ3) is 5.30. The van der Waals surface area contributed by atoms with Gasteiger partial charge in [-0.05, 0) is 32.9 Å². The molecule has 1 fully saturated rings. The van der Waals surface area contributed by atoms with Crippen LogP contribution in [0, 0.1) is 10.1 Å². The Hall–Kier alpha value is -2.91. The SMILES string of the molecule is CC(C)(C)OC(=O)N1CC(F)(COC(=O)Oc2ccc([N+](=O)[O-])cc2)C1. The maximum atomic E-state index is 14.3. The van der Waals surface area contributed by atoms with E-state index in [1.54, 1.807) is 20.8 Å². The largest absolute Gasteiger partial charge is 0.513 e. The third-order valence-corrected chi connectivity index (χ3v) is 3.30. The Morgan fingerprint density at radius 2 is 1.85 bits per heavy atom. The van der Waals surface area contributed by atoms with E-state index in [1.807, 2.05) is 0 Å². The van der Waals surface area contributed by atoms with Crippen molar-refractivity contribution in [2.24, 2.45) is 0 Å². The van der Waals surface area contributed by atoms with Crippen LogP contribution in [0.25, 0.3) is 0 Å². The molecular formula is C16H19FN2O7. The Balaban J connectivity index is 1.76. The fraction of sp³-hybridized carbons (Fsp3) is 0.500. The van der Waals surface area contributed by atoms with E-state index >= 15 is 0 Å². The van der Waals surface area contributed by atoms with E-state index in [1.165, 1.54) is 12.1 Å². The highest BCUT2D eigenvalue weighted by molar-refractivity contribution is 5.70. The van der Waals surface area contributed by atoms with Crippen LogP contribution in [0.4, 0.5) is 19.7 Å². The lowest BCUT2D eigenvalue weighted by Crippen LogP contribution is -2.63. The maximum absolute atomic E-state index is 14.3. The number of hydrogen-bond acceptors (Lipinski definition) is 7. The van der Waals surface area contributed by atoms with Crippen molar-refractivity contribution in [1.29, 1.82) is 0 Å². The number of carbonyl (C=O) groups excluding carboxylic acids is 2. The van der Waals surface area contributed by atoms with Gasteiger partial charge in [-0.25, -0.2) is 14.0 Å². The van der Waals surface area contributed by atoms with Crippen molar-refractivity contribution in [3.05, 3.63) is 34.4 Å². The summed E-state index contributed by atoms with van der Waals surface area (Å²) in [6, 6.07) is 4.75. The maximum Gasteiger partial charge on any atom is 0.513 e. The van der Waals surface area contributed by atoms with Gasteiger partial charge < -0.3 is 19.1 Å². The van der Waals surface area contributed by atoms with Gasteiger partial charge in [0.1, 0.15) is 18.0 Å². The summed E-state index contributed by atoms with van der Waals surface area (Å²) in [4.78, 5) is 34.4. The molecule has 0 atom stereocenters. The van der Waals surface area contributed by atoms with E-state index in [9.17, 15) is 24.1 Å². The lowest BCUT2D eigenvalue weighted by atomic mass is 9.98. The summed E-state index contributed by atoms with van der Waals surface area (Å²) in [6.07, 6.45) is -1.79. The zero-order chi connectivity index (χ0) is 19.5.